The highest BCUT2D eigenvalue weighted by Gasteiger charge is 2.58. The van der Waals surface area contributed by atoms with Crippen LogP contribution in [0.5, 0.6) is 0 Å². The monoisotopic (exact) mass is 273 g/mol. The molecule has 2 aliphatic rings. The lowest BCUT2D eigenvalue weighted by atomic mass is 9.89. The molecule has 0 aromatic heterocycles. The van der Waals surface area contributed by atoms with Crippen LogP contribution in [0.1, 0.15) is 45.4 Å². The van der Waals surface area contributed by atoms with Gasteiger partial charge in [0.2, 0.25) is 0 Å². The Morgan fingerprint density at radius 2 is 1.53 bits per heavy atom. The van der Waals surface area contributed by atoms with Gasteiger partial charge in [-0.15, -0.1) is 0 Å². The molecule has 6 atom stereocenters. The molecule has 1 aliphatic carbocycles. The summed E-state index contributed by atoms with van der Waals surface area (Å²) < 4.78 is 5.69. The first-order valence-electron chi connectivity index (χ1n) is 7.58. The summed E-state index contributed by atoms with van der Waals surface area (Å²) in [5.41, 5.74) is 0. The molecule has 4 N–H and O–H groups in total. The van der Waals surface area contributed by atoms with E-state index in [1.807, 2.05) is 0 Å². The van der Waals surface area contributed by atoms with Gasteiger partial charge in [0, 0.05) is 6.61 Å². The summed E-state index contributed by atoms with van der Waals surface area (Å²) in [5, 5.41) is 32.3. The van der Waals surface area contributed by atoms with Gasteiger partial charge < -0.3 is 25.4 Å². The second-order valence-electron chi connectivity index (χ2n) is 5.79. The van der Waals surface area contributed by atoms with Gasteiger partial charge in [-0.25, -0.2) is 0 Å². The highest BCUT2D eigenvalue weighted by atomic mass is 16.5. The van der Waals surface area contributed by atoms with Crippen LogP contribution in [-0.4, -0.2) is 58.4 Å². The minimum absolute atomic E-state index is 0.00603. The van der Waals surface area contributed by atoms with Gasteiger partial charge >= 0.3 is 0 Å². The number of aliphatic hydroxyl groups excluding tert-OH is 3. The molecule has 19 heavy (non-hydrogen) atoms. The summed E-state index contributed by atoms with van der Waals surface area (Å²) in [6.45, 7) is 2.81. The highest BCUT2D eigenvalue weighted by Crippen LogP contribution is 2.32. The van der Waals surface area contributed by atoms with Crippen LogP contribution in [0.15, 0.2) is 0 Å². The smallest absolute Gasteiger partial charge is 0.110 e. The number of hydrogen-bond donors (Lipinski definition) is 4. The third kappa shape index (κ3) is 3.67. The largest absolute Gasteiger partial charge is 0.389 e. The first-order valence-corrected chi connectivity index (χ1v) is 7.58. The zero-order valence-electron chi connectivity index (χ0n) is 11.7. The van der Waals surface area contributed by atoms with Gasteiger partial charge in [0.15, 0.2) is 0 Å². The molecule has 0 amide bonds. The van der Waals surface area contributed by atoms with Crippen molar-refractivity contribution < 1.29 is 20.1 Å². The van der Waals surface area contributed by atoms with Crippen LogP contribution in [0, 0.1) is 0 Å². The molecule has 0 radical (unpaired) electrons. The van der Waals surface area contributed by atoms with E-state index in [9.17, 15) is 15.3 Å². The van der Waals surface area contributed by atoms with Crippen LogP contribution in [0.25, 0.3) is 0 Å². The summed E-state index contributed by atoms with van der Waals surface area (Å²) in [6.07, 6.45) is 3.82. The number of nitrogens with one attached hydrogen (secondary N) is 1. The molecule has 0 aromatic carbocycles. The molecular formula is C14H27NO4. The zero-order chi connectivity index (χ0) is 13.8. The maximum atomic E-state index is 9.90. The first-order chi connectivity index (χ1) is 9.16. The Balaban J connectivity index is 1.61. The fraction of sp³-hybridized carbons (Fsp3) is 1.00. The van der Waals surface area contributed by atoms with E-state index in [1.165, 1.54) is 25.7 Å². The van der Waals surface area contributed by atoms with Crippen molar-refractivity contribution in [2.24, 2.45) is 0 Å². The van der Waals surface area contributed by atoms with Crippen LogP contribution in [-0.2, 0) is 4.74 Å². The van der Waals surface area contributed by atoms with E-state index in [1.54, 1.807) is 0 Å². The van der Waals surface area contributed by atoms with Crippen molar-refractivity contribution in [3.63, 3.8) is 0 Å². The second kappa shape index (κ2) is 6.99. The lowest BCUT2D eigenvalue weighted by Gasteiger charge is -2.33. The fourth-order valence-corrected chi connectivity index (χ4v) is 2.90. The van der Waals surface area contributed by atoms with Crippen molar-refractivity contribution in [2.75, 3.05) is 6.61 Å². The number of ether oxygens (including phenoxy) is 1. The number of fused-ring (bicyclic) bond motifs is 1. The molecule has 5 heteroatoms. The average molecular weight is 273 g/mol. The predicted octanol–water partition coefficient (Wildman–Crippen LogP) is 0.169. The van der Waals surface area contributed by atoms with E-state index < -0.39 is 18.3 Å². The average Bonchev–Trinajstić information content (AvgIpc) is 3.19. The van der Waals surface area contributed by atoms with Gasteiger partial charge in [-0.3, -0.25) is 0 Å². The molecule has 0 unspecified atom stereocenters. The SMILES string of the molecule is CCCCCCCCO[C@@H]1[C@@H](O)[C@H](O)[C@@H](O)[C@H]2N[C@H]21. The number of aliphatic hydroxyl groups is 3. The van der Waals surface area contributed by atoms with Crippen LogP contribution < -0.4 is 5.32 Å². The summed E-state index contributed by atoms with van der Waals surface area (Å²) in [7, 11) is 0. The van der Waals surface area contributed by atoms with Gasteiger partial charge in [-0.1, -0.05) is 39.0 Å². The molecule has 1 aliphatic heterocycles. The van der Waals surface area contributed by atoms with Gasteiger partial charge in [-0.2, -0.15) is 0 Å². The van der Waals surface area contributed by atoms with Gasteiger partial charge in [-0.05, 0) is 6.42 Å². The molecule has 0 aromatic rings. The van der Waals surface area contributed by atoms with E-state index in [4.69, 9.17) is 4.74 Å². The van der Waals surface area contributed by atoms with E-state index in [0.717, 1.165) is 12.8 Å². The van der Waals surface area contributed by atoms with Crippen LogP contribution in [0.3, 0.4) is 0 Å². The lowest BCUT2D eigenvalue weighted by Crippen LogP contribution is -2.54. The Labute approximate surface area is 115 Å². The minimum Gasteiger partial charge on any atom is -0.389 e. The van der Waals surface area contributed by atoms with Crippen molar-refractivity contribution in [1.82, 2.24) is 5.32 Å². The lowest BCUT2D eigenvalue weighted by molar-refractivity contribution is -0.140. The Bertz CT molecular complexity index is 276. The Kier molecular flexibility index (Phi) is 5.59. The minimum atomic E-state index is -1.11. The molecule has 1 heterocycles. The number of rotatable bonds is 8. The highest BCUT2D eigenvalue weighted by molar-refractivity contribution is 5.16. The van der Waals surface area contributed by atoms with E-state index in [-0.39, 0.29) is 18.2 Å². The van der Waals surface area contributed by atoms with Crippen molar-refractivity contribution >= 4 is 0 Å². The predicted molar refractivity (Wildman–Crippen MR) is 71.8 cm³/mol. The summed E-state index contributed by atoms with van der Waals surface area (Å²) in [4.78, 5) is 0. The Morgan fingerprint density at radius 1 is 0.842 bits per heavy atom. The van der Waals surface area contributed by atoms with Crippen molar-refractivity contribution in [3.8, 4) is 0 Å². The molecule has 5 nitrogen and oxygen atoms in total. The third-order valence-corrected chi connectivity index (χ3v) is 4.23. The molecule has 2 rings (SSSR count). The van der Waals surface area contributed by atoms with Gasteiger partial charge in [0.25, 0.3) is 0 Å². The van der Waals surface area contributed by atoms with Crippen molar-refractivity contribution in [1.29, 1.82) is 0 Å². The molecule has 1 saturated heterocycles. The van der Waals surface area contributed by atoms with Crippen LogP contribution >= 0.6 is 0 Å². The van der Waals surface area contributed by atoms with Crippen LogP contribution in [0.4, 0.5) is 0 Å². The Morgan fingerprint density at radius 3 is 2.26 bits per heavy atom. The summed E-state index contributed by atoms with van der Waals surface area (Å²) in [5.74, 6) is 0. The quantitative estimate of drug-likeness (QED) is 0.374. The Hall–Kier alpha value is -0.200. The summed E-state index contributed by atoms with van der Waals surface area (Å²) in [6, 6.07) is -0.124. The first kappa shape index (κ1) is 15.2. The van der Waals surface area contributed by atoms with Crippen molar-refractivity contribution in [3.05, 3.63) is 0 Å². The van der Waals surface area contributed by atoms with Gasteiger partial charge in [0.05, 0.1) is 18.2 Å². The molecular weight excluding hydrogens is 246 g/mol. The standard InChI is InChI=1S/C14H27NO4/c1-2-3-4-5-6-7-8-19-14-10-9(15-10)11(16)12(17)13(14)18/h9-18H,2-8H2,1H3/t9-,10+,11-,12+,13-,14-/m0/s1. The number of hydrogen-bond acceptors (Lipinski definition) is 5. The second-order valence-corrected chi connectivity index (χ2v) is 5.79. The van der Waals surface area contributed by atoms with E-state index in [2.05, 4.69) is 12.2 Å². The van der Waals surface area contributed by atoms with Crippen LogP contribution in [0.2, 0.25) is 0 Å². The van der Waals surface area contributed by atoms with E-state index in [0.29, 0.717) is 6.61 Å². The zero-order valence-corrected chi connectivity index (χ0v) is 11.7. The molecule has 2 fully saturated rings. The van der Waals surface area contributed by atoms with Crippen molar-refractivity contribution in [2.45, 2.75) is 81.9 Å². The third-order valence-electron chi connectivity index (χ3n) is 4.23. The normalized spacial score (nSPS) is 41.1. The fourth-order valence-electron chi connectivity index (χ4n) is 2.90. The maximum Gasteiger partial charge on any atom is 0.110 e. The number of unbranched alkanes of at least 4 members (excludes halogenated alkanes) is 5. The maximum absolute atomic E-state index is 9.90. The molecule has 0 spiro atoms. The topological polar surface area (TPSA) is 91.9 Å². The van der Waals surface area contributed by atoms with E-state index >= 15 is 0 Å². The summed E-state index contributed by atoms with van der Waals surface area (Å²) >= 11 is 0. The molecule has 0 bridgehead atoms. The molecule has 1 saturated carbocycles. The molecule has 112 valence electrons. The van der Waals surface area contributed by atoms with Gasteiger partial charge in [0.1, 0.15) is 18.3 Å².